The van der Waals surface area contributed by atoms with Gasteiger partial charge in [0.2, 0.25) is 0 Å². The summed E-state index contributed by atoms with van der Waals surface area (Å²) in [4.78, 5) is 20.3. The van der Waals surface area contributed by atoms with Crippen LogP contribution in [-0.4, -0.2) is 22.2 Å². The molecule has 0 aliphatic rings. The van der Waals surface area contributed by atoms with Gasteiger partial charge >= 0.3 is 60.4 Å². The van der Waals surface area contributed by atoms with Crippen LogP contribution in [0, 0.1) is 5.92 Å². The summed E-state index contributed by atoms with van der Waals surface area (Å²) in [5.74, 6) is -3.74. The molecule has 0 aliphatic heterocycles. The number of carbonyl (C=O) groups is 2. The number of carboxylic acids is 2. The van der Waals surface area contributed by atoms with Gasteiger partial charge in [-0.2, -0.15) is 0 Å². The summed E-state index contributed by atoms with van der Waals surface area (Å²) in [5, 5.41) is 16.6. The van der Waals surface area contributed by atoms with Crippen molar-refractivity contribution in [3.05, 3.63) is 0 Å². The van der Waals surface area contributed by atoms with Gasteiger partial charge in [-0.3, -0.25) is 9.59 Å². The van der Waals surface area contributed by atoms with Crippen LogP contribution < -0.4 is 48.4 Å². The van der Waals surface area contributed by atoms with Crippen molar-refractivity contribution >= 4 is 11.9 Å². The Labute approximate surface area is 108 Å². The molecule has 0 radical (unpaired) electrons. The number of aliphatic carboxylic acids is 2. The van der Waals surface area contributed by atoms with E-state index in [1.165, 1.54) is 0 Å². The topological polar surface area (TPSA) is 74.6 Å². The Morgan fingerprint density at radius 3 is 1.75 bits per heavy atom. The molecule has 0 heterocycles. The summed E-state index contributed by atoms with van der Waals surface area (Å²) in [7, 11) is 0. The number of hydrogen-bond donors (Lipinski definition) is 2. The Bertz CT molecular complexity index is 145. The summed E-state index contributed by atoms with van der Waals surface area (Å²) in [6.07, 6.45) is 0.772. The minimum absolute atomic E-state index is 0. The van der Waals surface area contributed by atoms with E-state index in [4.69, 9.17) is 10.2 Å². The number of carboxylic acid groups (broad SMARTS) is 2. The van der Waals surface area contributed by atoms with Crippen molar-refractivity contribution in [2.24, 2.45) is 5.92 Å². The van der Waals surface area contributed by atoms with Crippen LogP contribution in [-0.2, 0) is 9.59 Å². The second kappa shape index (κ2) is 9.62. The molecule has 2 N–H and O–H groups in total. The summed E-state index contributed by atoms with van der Waals surface area (Å²) in [6, 6.07) is 0. The Kier molecular flexibility index (Phi) is 14.7. The van der Waals surface area contributed by atoms with E-state index in [0.717, 1.165) is 0 Å². The molecule has 12 heavy (non-hydrogen) atoms. The van der Waals surface area contributed by atoms with Gasteiger partial charge in [0.1, 0.15) is 0 Å². The molecular formula is C6H12LiNaO4. The van der Waals surface area contributed by atoms with Crippen molar-refractivity contribution < 1.29 is 71.1 Å². The molecule has 0 atom stereocenters. The largest absolute Gasteiger partial charge is 1.00 e. The molecule has 0 bridgehead atoms. The van der Waals surface area contributed by atoms with E-state index in [1.807, 2.05) is 0 Å². The van der Waals surface area contributed by atoms with Crippen molar-refractivity contribution in [2.45, 2.75) is 19.8 Å². The van der Waals surface area contributed by atoms with Gasteiger partial charge in [0, 0.05) is 0 Å². The molecule has 0 aromatic carbocycles. The molecule has 0 spiro atoms. The zero-order valence-corrected chi connectivity index (χ0v) is 9.70. The van der Waals surface area contributed by atoms with Crippen LogP contribution in [0.4, 0.5) is 0 Å². The minimum atomic E-state index is -1.26. The summed E-state index contributed by atoms with van der Waals surface area (Å²) < 4.78 is 0. The fourth-order valence-corrected chi connectivity index (χ4v) is 0.641. The van der Waals surface area contributed by atoms with Gasteiger partial charge < -0.3 is 13.1 Å². The molecule has 0 saturated heterocycles. The Hall–Kier alpha value is 0.537. The van der Waals surface area contributed by atoms with Gasteiger partial charge in [-0.15, -0.1) is 0 Å². The summed E-state index contributed by atoms with van der Waals surface area (Å²) in [5.41, 5.74) is 0. The normalized spacial score (nSPS) is 8.17. The van der Waals surface area contributed by atoms with Crippen LogP contribution in [0.3, 0.4) is 0 Å². The van der Waals surface area contributed by atoms with Gasteiger partial charge in [0.25, 0.3) is 0 Å². The molecule has 0 amide bonds. The van der Waals surface area contributed by atoms with Crippen molar-refractivity contribution in [2.75, 3.05) is 0 Å². The molecule has 0 aromatic rings. The third kappa shape index (κ3) is 7.20. The molecule has 0 fully saturated rings. The van der Waals surface area contributed by atoms with Crippen LogP contribution in [0.5, 0.6) is 0 Å². The first kappa shape index (κ1) is 18.3. The van der Waals surface area contributed by atoms with Gasteiger partial charge in [0.05, 0.1) is 0 Å². The molecule has 0 aliphatic carbocycles. The average molecular weight is 178 g/mol. The van der Waals surface area contributed by atoms with Crippen molar-refractivity contribution in [3.63, 3.8) is 0 Å². The van der Waals surface area contributed by atoms with Crippen molar-refractivity contribution in [1.82, 2.24) is 0 Å². The maximum Gasteiger partial charge on any atom is 1.00 e. The van der Waals surface area contributed by atoms with Gasteiger partial charge in [-0.1, -0.05) is 13.3 Å². The zero-order chi connectivity index (χ0) is 8.15. The minimum Gasteiger partial charge on any atom is -1.00 e. The van der Waals surface area contributed by atoms with Crippen LogP contribution in [0.15, 0.2) is 0 Å². The molecule has 62 valence electrons. The fraction of sp³-hybridized carbons (Fsp3) is 0.667. The quantitative estimate of drug-likeness (QED) is 0.333. The van der Waals surface area contributed by atoms with E-state index in [1.54, 1.807) is 6.92 Å². The third-order valence-corrected chi connectivity index (χ3v) is 1.17. The van der Waals surface area contributed by atoms with E-state index in [9.17, 15) is 9.59 Å². The Balaban J connectivity index is -0.0000000675. The smallest absolute Gasteiger partial charge is 1.00 e. The first-order valence-electron chi connectivity index (χ1n) is 3.05. The third-order valence-electron chi connectivity index (χ3n) is 1.17. The molecule has 4 nitrogen and oxygen atoms in total. The Morgan fingerprint density at radius 1 is 1.33 bits per heavy atom. The van der Waals surface area contributed by atoms with Crippen LogP contribution in [0.2, 0.25) is 0 Å². The molecule has 0 saturated carbocycles. The monoisotopic (exact) mass is 178 g/mol. The SMILES string of the molecule is CCCC(C(=O)O)C(=O)O.[H-].[H-].[Li+].[Na+]. The second-order valence-corrected chi connectivity index (χ2v) is 2.02. The zero-order valence-electron chi connectivity index (χ0n) is 9.70. The number of hydrogen-bond acceptors (Lipinski definition) is 2. The molecule has 0 unspecified atom stereocenters. The van der Waals surface area contributed by atoms with Gasteiger partial charge in [0.15, 0.2) is 5.92 Å². The molecule has 0 aromatic heterocycles. The number of rotatable bonds is 4. The molecule has 0 rings (SSSR count). The first-order chi connectivity index (χ1) is 4.59. The van der Waals surface area contributed by atoms with Crippen LogP contribution in [0.25, 0.3) is 0 Å². The van der Waals surface area contributed by atoms with Gasteiger partial charge in [-0.05, 0) is 6.42 Å². The van der Waals surface area contributed by atoms with E-state index in [-0.39, 0.29) is 57.7 Å². The van der Waals surface area contributed by atoms with E-state index in [2.05, 4.69) is 0 Å². The maximum absolute atomic E-state index is 10.2. The summed E-state index contributed by atoms with van der Waals surface area (Å²) in [6.45, 7) is 1.75. The summed E-state index contributed by atoms with van der Waals surface area (Å²) >= 11 is 0. The molecular weight excluding hydrogens is 166 g/mol. The van der Waals surface area contributed by atoms with E-state index in [0.29, 0.717) is 6.42 Å². The second-order valence-electron chi connectivity index (χ2n) is 2.02. The van der Waals surface area contributed by atoms with E-state index < -0.39 is 17.9 Å². The van der Waals surface area contributed by atoms with Crippen LogP contribution >= 0.6 is 0 Å². The van der Waals surface area contributed by atoms with Crippen molar-refractivity contribution in [3.8, 4) is 0 Å². The standard InChI is InChI=1S/C6H10O4.Li.Na.2H/c1-2-3-4(5(7)8)6(9)10;;;;/h4H,2-3H2,1H3,(H,7,8)(H,9,10);;;;/q;2*+1;2*-1. The Morgan fingerprint density at radius 2 is 1.67 bits per heavy atom. The van der Waals surface area contributed by atoms with E-state index >= 15 is 0 Å². The molecule has 6 heteroatoms. The first-order valence-corrected chi connectivity index (χ1v) is 3.05. The predicted molar refractivity (Wildman–Crippen MR) is 35.9 cm³/mol. The van der Waals surface area contributed by atoms with Gasteiger partial charge in [-0.25, -0.2) is 0 Å². The predicted octanol–water partition coefficient (Wildman–Crippen LogP) is -5.20. The fourth-order valence-electron chi connectivity index (χ4n) is 0.641. The average Bonchev–Trinajstić information content (AvgIpc) is 1.81. The maximum atomic E-state index is 10.2. The van der Waals surface area contributed by atoms with Crippen LogP contribution in [0.1, 0.15) is 22.6 Å². The van der Waals surface area contributed by atoms with Crippen molar-refractivity contribution in [1.29, 1.82) is 0 Å².